The minimum atomic E-state index is 0.234. The van der Waals surface area contributed by atoms with E-state index in [9.17, 15) is 0 Å². The van der Waals surface area contributed by atoms with Crippen molar-refractivity contribution in [3.05, 3.63) is 29.3 Å². The summed E-state index contributed by atoms with van der Waals surface area (Å²) in [5, 5.41) is 0. The van der Waals surface area contributed by atoms with Crippen LogP contribution in [-0.4, -0.2) is 6.61 Å². The Kier molecular flexibility index (Phi) is 4.06. The predicted molar refractivity (Wildman–Crippen MR) is 71.3 cm³/mol. The topological polar surface area (TPSA) is 35.2 Å². The Hall–Kier alpha value is -1.02. The molecule has 0 heterocycles. The van der Waals surface area contributed by atoms with Crippen LogP contribution in [-0.2, 0) is 6.42 Å². The molecule has 1 aromatic carbocycles. The Bertz CT molecular complexity index is 371. The zero-order valence-corrected chi connectivity index (χ0v) is 10.9. The van der Waals surface area contributed by atoms with E-state index in [1.54, 1.807) is 0 Å². The Morgan fingerprint density at radius 2 is 2.12 bits per heavy atom. The highest BCUT2D eigenvalue weighted by molar-refractivity contribution is 5.40. The second-order valence-electron chi connectivity index (χ2n) is 5.00. The lowest BCUT2D eigenvalue weighted by Crippen LogP contribution is -2.10. The number of nitrogens with two attached hydrogens (primary N) is 1. The van der Waals surface area contributed by atoms with Gasteiger partial charge in [0.15, 0.2) is 0 Å². The van der Waals surface area contributed by atoms with Gasteiger partial charge in [0.2, 0.25) is 0 Å². The van der Waals surface area contributed by atoms with Gasteiger partial charge in [-0.1, -0.05) is 32.8 Å². The summed E-state index contributed by atoms with van der Waals surface area (Å²) in [5.74, 6) is 1.68. The van der Waals surface area contributed by atoms with Crippen LogP contribution in [0.25, 0.3) is 0 Å². The summed E-state index contributed by atoms with van der Waals surface area (Å²) in [7, 11) is 0. The second kappa shape index (κ2) is 5.54. The smallest absolute Gasteiger partial charge is 0.119 e. The molecule has 2 heteroatoms. The van der Waals surface area contributed by atoms with Gasteiger partial charge in [0.1, 0.15) is 5.75 Å². The molecule has 2 rings (SSSR count). The van der Waals surface area contributed by atoms with E-state index >= 15 is 0 Å². The molecule has 1 unspecified atom stereocenters. The molecule has 17 heavy (non-hydrogen) atoms. The first-order valence-electron chi connectivity index (χ1n) is 6.75. The minimum absolute atomic E-state index is 0.234. The molecule has 0 aromatic heterocycles. The third-order valence-electron chi connectivity index (χ3n) is 3.88. The van der Waals surface area contributed by atoms with E-state index < -0.39 is 0 Å². The van der Waals surface area contributed by atoms with Crippen LogP contribution in [0.5, 0.6) is 5.75 Å². The lowest BCUT2D eigenvalue weighted by atomic mass is 10.1. The maximum absolute atomic E-state index is 6.02. The molecule has 0 bridgehead atoms. The van der Waals surface area contributed by atoms with Crippen molar-refractivity contribution in [2.75, 3.05) is 6.61 Å². The van der Waals surface area contributed by atoms with Crippen molar-refractivity contribution in [3.8, 4) is 5.75 Å². The molecule has 1 aliphatic carbocycles. The van der Waals surface area contributed by atoms with Crippen LogP contribution in [0.2, 0.25) is 0 Å². The minimum Gasteiger partial charge on any atom is -0.493 e. The molecule has 0 spiro atoms. The highest BCUT2D eigenvalue weighted by atomic mass is 16.5. The fourth-order valence-electron chi connectivity index (χ4n) is 2.46. The van der Waals surface area contributed by atoms with Crippen LogP contribution in [0.15, 0.2) is 18.2 Å². The monoisotopic (exact) mass is 233 g/mol. The average Bonchev–Trinajstić information content (AvgIpc) is 2.72. The fraction of sp³-hybridized carbons (Fsp3) is 0.600. The lowest BCUT2D eigenvalue weighted by Gasteiger charge is -2.14. The molecular weight excluding hydrogens is 210 g/mol. The predicted octanol–water partition coefficient (Wildman–Crippen LogP) is 3.45. The molecule has 0 amide bonds. The lowest BCUT2D eigenvalue weighted by molar-refractivity contribution is 0.240. The first-order chi connectivity index (χ1) is 8.24. The quantitative estimate of drug-likeness (QED) is 0.845. The number of ether oxygens (including phenoxy) is 1. The van der Waals surface area contributed by atoms with Gasteiger partial charge in [0, 0.05) is 6.04 Å². The summed E-state index contributed by atoms with van der Waals surface area (Å²) in [6.07, 6.45) is 4.54. The molecule has 1 atom stereocenters. The zero-order valence-electron chi connectivity index (χ0n) is 10.9. The summed E-state index contributed by atoms with van der Waals surface area (Å²) in [5.41, 5.74) is 8.70. The standard InChI is InChI=1S/C15H23NO/c1-3-11(4-2)10-17-13-6-7-14-12(9-13)5-8-15(14)16/h6-7,9,11,15H,3-5,8,10,16H2,1-2H3. The zero-order chi connectivity index (χ0) is 12.3. The van der Waals surface area contributed by atoms with E-state index in [-0.39, 0.29) is 6.04 Å². The van der Waals surface area contributed by atoms with Crippen LogP contribution in [0, 0.1) is 5.92 Å². The molecule has 0 saturated heterocycles. The normalized spacial score (nSPS) is 18.5. The number of fused-ring (bicyclic) bond motifs is 1. The van der Waals surface area contributed by atoms with Crippen molar-refractivity contribution in [2.45, 2.75) is 45.6 Å². The molecule has 0 radical (unpaired) electrons. The summed E-state index contributed by atoms with van der Waals surface area (Å²) in [4.78, 5) is 0. The third-order valence-corrected chi connectivity index (χ3v) is 3.88. The van der Waals surface area contributed by atoms with E-state index in [0.717, 1.165) is 25.2 Å². The van der Waals surface area contributed by atoms with Gasteiger partial charge >= 0.3 is 0 Å². The van der Waals surface area contributed by atoms with Crippen molar-refractivity contribution in [1.82, 2.24) is 0 Å². The van der Waals surface area contributed by atoms with Crippen molar-refractivity contribution < 1.29 is 4.74 Å². The summed E-state index contributed by atoms with van der Waals surface area (Å²) in [6.45, 7) is 5.27. The van der Waals surface area contributed by atoms with Gasteiger partial charge in [0.25, 0.3) is 0 Å². The van der Waals surface area contributed by atoms with Gasteiger partial charge in [-0.2, -0.15) is 0 Å². The second-order valence-corrected chi connectivity index (χ2v) is 5.00. The molecule has 1 aliphatic rings. The molecule has 1 aromatic rings. The van der Waals surface area contributed by atoms with E-state index in [0.29, 0.717) is 5.92 Å². The van der Waals surface area contributed by atoms with Crippen molar-refractivity contribution in [2.24, 2.45) is 11.7 Å². The summed E-state index contributed by atoms with van der Waals surface area (Å²) >= 11 is 0. The summed E-state index contributed by atoms with van der Waals surface area (Å²) < 4.78 is 5.87. The van der Waals surface area contributed by atoms with Crippen molar-refractivity contribution >= 4 is 0 Å². The van der Waals surface area contributed by atoms with E-state index in [2.05, 4.69) is 32.0 Å². The van der Waals surface area contributed by atoms with Crippen LogP contribution >= 0.6 is 0 Å². The molecule has 2 N–H and O–H groups in total. The fourth-order valence-corrected chi connectivity index (χ4v) is 2.46. The number of benzene rings is 1. The maximum Gasteiger partial charge on any atom is 0.119 e. The summed E-state index contributed by atoms with van der Waals surface area (Å²) in [6, 6.07) is 6.60. The van der Waals surface area contributed by atoms with E-state index in [1.807, 2.05) is 0 Å². The first kappa shape index (κ1) is 12.4. The highest BCUT2D eigenvalue weighted by Crippen LogP contribution is 2.32. The maximum atomic E-state index is 6.02. The molecule has 0 aliphatic heterocycles. The van der Waals surface area contributed by atoms with Crippen LogP contribution < -0.4 is 10.5 Å². The van der Waals surface area contributed by atoms with Gasteiger partial charge in [-0.25, -0.2) is 0 Å². The van der Waals surface area contributed by atoms with Gasteiger partial charge in [-0.05, 0) is 42.0 Å². The Morgan fingerprint density at radius 1 is 1.35 bits per heavy atom. The molecular formula is C15H23NO. The van der Waals surface area contributed by atoms with Crippen LogP contribution in [0.3, 0.4) is 0 Å². The molecule has 0 saturated carbocycles. The first-order valence-corrected chi connectivity index (χ1v) is 6.75. The Labute approximate surface area is 104 Å². The largest absolute Gasteiger partial charge is 0.493 e. The van der Waals surface area contributed by atoms with Crippen LogP contribution in [0.4, 0.5) is 0 Å². The number of aryl methyl sites for hydroxylation is 1. The average molecular weight is 233 g/mol. The van der Waals surface area contributed by atoms with Gasteiger partial charge in [-0.3, -0.25) is 0 Å². The number of rotatable bonds is 5. The van der Waals surface area contributed by atoms with Gasteiger partial charge < -0.3 is 10.5 Å². The molecule has 2 nitrogen and oxygen atoms in total. The SMILES string of the molecule is CCC(CC)COc1ccc2c(c1)CCC2N. The Balaban J connectivity index is 1.99. The highest BCUT2D eigenvalue weighted by Gasteiger charge is 2.19. The van der Waals surface area contributed by atoms with Crippen molar-refractivity contribution in [1.29, 1.82) is 0 Å². The molecule has 94 valence electrons. The van der Waals surface area contributed by atoms with E-state index in [1.165, 1.54) is 24.0 Å². The van der Waals surface area contributed by atoms with E-state index in [4.69, 9.17) is 10.5 Å². The Morgan fingerprint density at radius 3 is 2.82 bits per heavy atom. The molecule has 0 fully saturated rings. The van der Waals surface area contributed by atoms with Gasteiger partial charge in [0.05, 0.1) is 6.61 Å². The van der Waals surface area contributed by atoms with Crippen molar-refractivity contribution in [3.63, 3.8) is 0 Å². The van der Waals surface area contributed by atoms with Gasteiger partial charge in [-0.15, -0.1) is 0 Å². The number of hydrogen-bond donors (Lipinski definition) is 1. The van der Waals surface area contributed by atoms with Crippen LogP contribution in [0.1, 0.15) is 50.3 Å². The third kappa shape index (κ3) is 2.81. The number of hydrogen-bond acceptors (Lipinski definition) is 2.